The number of amides is 2. The van der Waals surface area contributed by atoms with Crippen LogP contribution in [0.4, 0.5) is 9.59 Å². The zero-order valence-electron chi connectivity index (χ0n) is 16.0. The first-order chi connectivity index (χ1) is 12.3. The topological polar surface area (TPSA) is 68.3 Å². The molecule has 1 aromatic carbocycles. The molecule has 0 aliphatic carbocycles. The van der Waals surface area contributed by atoms with Crippen molar-refractivity contribution >= 4 is 12.2 Å². The third kappa shape index (κ3) is 6.13. The Morgan fingerprint density at radius 3 is 2.00 bits per heavy atom. The largest absolute Gasteiger partial charge is 0.497 e. The minimum Gasteiger partial charge on any atom is -0.497 e. The second-order valence-corrected chi connectivity index (χ2v) is 7.17. The molecule has 1 aliphatic heterocycles. The van der Waals surface area contributed by atoms with Gasteiger partial charge in [-0.1, -0.05) is 12.1 Å². The van der Waals surface area contributed by atoms with Crippen molar-refractivity contribution in [2.45, 2.75) is 32.8 Å². The van der Waals surface area contributed by atoms with Gasteiger partial charge in [0, 0.05) is 32.6 Å². The fourth-order valence-corrected chi connectivity index (χ4v) is 2.54. The van der Waals surface area contributed by atoms with Gasteiger partial charge in [0.2, 0.25) is 0 Å². The maximum atomic E-state index is 12.1. The van der Waals surface area contributed by atoms with Gasteiger partial charge in [0.15, 0.2) is 0 Å². The highest BCUT2D eigenvalue weighted by Crippen LogP contribution is 2.13. The maximum absolute atomic E-state index is 12.1. The average Bonchev–Trinajstić information content (AvgIpc) is 2.61. The molecule has 0 unspecified atom stereocenters. The van der Waals surface area contributed by atoms with Crippen LogP contribution >= 0.6 is 0 Å². The van der Waals surface area contributed by atoms with E-state index in [0.717, 1.165) is 11.3 Å². The summed E-state index contributed by atoms with van der Waals surface area (Å²) in [5.74, 6) is 0.800. The molecule has 1 heterocycles. The molecule has 7 heteroatoms. The van der Waals surface area contributed by atoms with Crippen LogP contribution in [-0.2, 0) is 15.9 Å². The number of piperazine rings is 1. The van der Waals surface area contributed by atoms with Crippen LogP contribution < -0.4 is 4.74 Å². The molecule has 0 atom stereocenters. The number of methoxy groups -OCH3 is 1. The van der Waals surface area contributed by atoms with Crippen molar-refractivity contribution in [3.63, 3.8) is 0 Å². The number of benzene rings is 1. The Morgan fingerprint density at radius 2 is 1.50 bits per heavy atom. The predicted octanol–water partition coefficient (Wildman–Crippen LogP) is 2.93. The fraction of sp³-hybridized carbons (Fsp3) is 0.579. The van der Waals surface area contributed by atoms with E-state index in [0.29, 0.717) is 39.2 Å². The molecular weight excluding hydrogens is 336 g/mol. The molecule has 0 bridgehead atoms. The van der Waals surface area contributed by atoms with Crippen LogP contribution in [0.3, 0.4) is 0 Å². The van der Waals surface area contributed by atoms with Crippen molar-refractivity contribution in [2.24, 2.45) is 0 Å². The summed E-state index contributed by atoms with van der Waals surface area (Å²) in [5.41, 5.74) is 0.558. The van der Waals surface area contributed by atoms with E-state index in [1.165, 1.54) is 0 Å². The SMILES string of the molecule is COc1ccc(CCOC(=O)N2CCN(C(=O)OC(C)(C)C)CC2)cc1. The lowest BCUT2D eigenvalue weighted by molar-refractivity contribution is 0.0130. The highest BCUT2D eigenvalue weighted by atomic mass is 16.6. The summed E-state index contributed by atoms with van der Waals surface area (Å²) in [4.78, 5) is 27.4. The standard InChI is InChI=1S/C19H28N2O5/c1-19(2,3)26-18(23)21-12-10-20(11-13-21)17(22)25-14-9-15-5-7-16(24-4)8-6-15/h5-8H,9-14H2,1-4H3. The molecule has 26 heavy (non-hydrogen) atoms. The lowest BCUT2D eigenvalue weighted by atomic mass is 10.1. The van der Waals surface area contributed by atoms with E-state index >= 15 is 0 Å². The highest BCUT2D eigenvalue weighted by molar-refractivity contribution is 5.70. The Labute approximate surface area is 154 Å². The fourth-order valence-electron chi connectivity index (χ4n) is 2.54. The first-order valence-corrected chi connectivity index (χ1v) is 8.81. The van der Waals surface area contributed by atoms with Gasteiger partial charge in [0.05, 0.1) is 13.7 Å². The van der Waals surface area contributed by atoms with Crippen molar-refractivity contribution in [3.8, 4) is 5.75 Å². The third-order valence-electron chi connectivity index (χ3n) is 3.96. The summed E-state index contributed by atoms with van der Waals surface area (Å²) >= 11 is 0. The van der Waals surface area contributed by atoms with Crippen molar-refractivity contribution in [2.75, 3.05) is 39.9 Å². The number of ether oxygens (including phenoxy) is 3. The smallest absolute Gasteiger partial charge is 0.410 e. The quantitative estimate of drug-likeness (QED) is 0.822. The van der Waals surface area contributed by atoms with Gasteiger partial charge in [-0.15, -0.1) is 0 Å². The van der Waals surface area contributed by atoms with Gasteiger partial charge in [-0.05, 0) is 38.5 Å². The highest BCUT2D eigenvalue weighted by Gasteiger charge is 2.28. The number of nitrogens with zero attached hydrogens (tertiary/aromatic N) is 2. The molecule has 0 N–H and O–H groups in total. The predicted molar refractivity (Wildman–Crippen MR) is 97.4 cm³/mol. The van der Waals surface area contributed by atoms with E-state index < -0.39 is 5.60 Å². The summed E-state index contributed by atoms with van der Waals surface area (Å²) in [5, 5.41) is 0. The first-order valence-electron chi connectivity index (χ1n) is 8.81. The molecule has 1 aliphatic rings. The number of rotatable bonds is 4. The zero-order chi connectivity index (χ0) is 19.2. The van der Waals surface area contributed by atoms with E-state index in [9.17, 15) is 9.59 Å². The minimum atomic E-state index is -0.519. The van der Waals surface area contributed by atoms with E-state index in [4.69, 9.17) is 14.2 Å². The van der Waals surface area contributed by atoms with Gasteiger partial charge in [0.1, 0.15) is 11.4 Å². The van der Waals surface area contributed by atoms with Crippen molar-refractivity contribution in [1.82, 2.24) is 9.80 Å². The molecule has 0 saturated carbocycles. The van der Waals surface area contributed by atoms with Gasteiger partial charge in [-0.3, -0.25) is 0 Å². The molecule has 1 aromatic rings. The molecule has 2 amide bonds. The number of hydrogen-bond acceptors (Lipinski definition) is 5. The number of carbonyl (C=O) groups is 2. The van der Waals surface area contributed by atoms with Crippen LogP contribution in [0, 0.1) is 0 Å². The zero-order valence-corrected chi connectivity index (χ0v) is 16.0. The molecule has 7 nitrogen and oxygen atoms in total. The molecule has 1 saturated heterocycles. The number of hydrogen-bond donors (Lipinski definition) is 0. The van der Waals surface area contributed by atoms with E-state index in [2.05, 4.69) is 0 Å². The van der Waals surface area contributed by atoms with Crippen molar-refractivity contribution in [3.05, 3.63) is 29.8 Å². The van der Waals surface area contributed by atoms with Crippen LogP contribution in [-0.4, -0.2) is 67.5 Å². The Balaban J connectivity index is 1.70. The summed E-state index contributed by atoms with van der Waals surface area (Å²) in [6, 6.07) is 7.67. The Bertz CT molecular complexity index is 601. The lowest BCUT2D eigenvalue weighted by Gasteiger charge is -2.35. The summed E-state index contributed by atoms with van der Waals surface area (Å²) < 4.78 is 15.8. The molecule has 2 rings (SSSR count). The van der Waals surface area contributed by atoms with Crippen molar-refractivity contribution < 1.29 is 23.8 Å². The monoisotopic (exact) mass is 364 g/mol. The van der Waals surface area contributed by atoms with Crippen LogP contribution in [0.5, 0.6) is 5.75 Å². The van der Waals surface area contributed by atoms with Gasteiger partial charge in [0.25, 0.3) is 0 Å². The molecular formula is C19H28N2O5. The molecule has 0 radical (unpaired) electrons. The summed E-state index contributed by atoms with van der Waals surface area (Å²) in [6.45, 7) is 7.60. The second-order valence-electron chi connectivity index (χ2n) is 7.17. The minimum absolute atomic E-state index is 0.317. The first kappa shape index (κ1) is 19.9. The van der Waals surface area contributed by atoms with Crippen LogP contribution in [0.15, 0.2) is 24.3 Å². The van der Waals surface area contributed by atoms with Crippen LogP contribution in [0.1, 0.15) is 26.3 Å². The average molecular weight is 364 g/mol. The van der Waals surface area contributed by atoms with Crippen LogP contribution in [0.2, 0.25) is 0 Å². The van der Waals surface area contributed by atoms with E-state index in [1.807, 2.05) is 45.0 Å². The van der Waals surface area contributed by atoms with Gasteiger partial charge < -0.3 is 24.0 Å². The molecule has 144 valence electrons. The van der Waals surface area contributed by atoms with Gasteiger partial charge in [-0.2, -0.15) is 0 Å². The second kappa shape index (κ2) is 8.78. The third-order valence-corrected chi connectivity index (χ3v) is 3.96. The van der Waals surface area contributed by atoms with E-state index in [1.54, 1.807) is 16.9 Å². The van der Waals surface area contributed by atoms with Gasteiger partial charge >= 0.3 is 12.2 Å². The van der Waals surface area contributed by atoms with Gasteiger partial charge in [-0.25, -0.2) is 9.59 Å². The maximum Gasteiger partial charge on any atom is 0.410 e. The normalized spacial score (nSPS) is 14.8. The Morgan fingerprint density at radius 1 is 0.962 bits per heavy atom. The summed E-state index contributed by atoms with van der Waals surface area (Å²) in [7, 11) is 1.62. The molecule has 1 fully saturated rings. The summed E-state index contributed by atoms with van der Waals surface area (Å²) in [6.07, 6.45) is -0.0412. The Hall–Kier alpha value is -2.44. The Kier molecular flexibility index (Phi) is 6.71. The molecule has 0 spiro atoms. The van der Waals surface area contributed by atoms with Crippen molar-refractivity contribution in [1.29, 1.82) is 0 Å². The molecule has 0 aromatic heterocycles. The van der Waals surface area contributed by atoms with Crippen LogP contribution in [0.25, 0.3) is 0 Å². The lowest BCUT2D eigenvalue weighted by Crippen LogP contribution is -2.51. The van der Waals surface area contributed by atoms with E-state index in [-0.39, 0.29) is 12.2 Å². The number of carbonyl (C=O) groups excluding carboxylic acids is 2.